The first-order valence-corrected chi connectivity index (χ1v) is 14.6. The maximum Gasteiger partial charge on any atom is 0.318 e. The van der Waals surface area contributed by atoms with E-state index in [9.17, 15) is 23.2 Å². The molecule has 2 aromatic rings. The van der Waals surface area contributed by atoms with E-state index in [4.69, 9.17) is 14.7 Å². The van der Waals surface area contributed by atoms with Gasteiger partial charge in [-0.3, -0.25) is 9.69 Å². The third-order valence-electron chi connectivity index (χ3n) is 9.60. The van der Waals surface area contributed by atoms with Crippen LogP contribution in [-0.4, -0.2) is 83.8 Å². The van der Waals surface area contributed by atoms with Crippen molar-refractivity contribution in [1.82, 2.24) is 19.8 Å². The number of halogens is 3. The number of anilines is 1. The van der Waals surface area contributed by atoms with Gasteiger partial charge in [0.15, 0.2) is 0 Å². The lowest BCUT2D eigenvalue weighted by Gasteiger charge is -2.42. The number of likely N-dealkylation sites (tertiary alicyclic amines) is 1. The summed E-state index contributed by atoms with van der Waals surface area (Å²) in [5.74, 6) is -0.586. The van der Waals surface area contributed by atoms with E-state index in [0.717, 1.165) is 22.9 Å². The molecule has 0 N–H and O–H groups in total. The lowest BCUT2D eigenvalue weighted by atomic mass is 9.69. The molecule has 11 heteroatoms. The molecule has 1 aromatic heterocycles. The van der Waals surface area contributed by atoms with Gasteiger partial charge in [0.2, 0.25) is 5.91 Å². The highest BCUT2D eigenvalue weighted by atomic mass is 19.1. The first-order valence-electron chi connectivity index (χ1n) is 14.6. The Kier molecular flexibility index (Phi) is 7.60. The van der Waals surface area contributed by atoms with Gasteiger partial charge in [0.1, 0.15) is 30.2 Å². The van der Waals surface area contributed by atoms with Gasteiger partial charge in [-0.25, -0.2) is 13.2 Å². The van der Waals surface area contributed by atoms with E-state index < -0.39 is 23.2 Å². The van der Waals surface area contributed by atoms with Crippen LogP contribution < -0.4 is 9.64 Å². The van der Waals surface area contributed by atoms with Crippen LogP contribution in [-0.2, 0) is 29.5 Å². The van der Waals surface area contributed by atoms with Gasteiger partial charge >= 0.3 is 6.01 Å². The quantitative estimate of drug-likeness (QED) is 0.482. The highest BCUT2D eigenvalue weighted by molar-refractivity contribution is 5.87. The zero-order valence-electron chi connectivity index (χ0n) is 23.8. The lowest BCUT2D eigenvalue weighted by molar-refractivity contribution is -0.128. The van der Waals surface area contributed by atoms with E-state index in [0.29, 0.717) is 76.1 Å². The molecule has 1 amide bonds. The summed E-state index contributed by atoms with van der Waals surface area (Å²) in [5.41, 5.74) is 2.61. The molecule has 0 bridgehead atoms. The van der Waals surface area contributed by atoms with E-state index >= 15 is 0 Å². The first-order chi connectivity index (χ1) is 20.2. The van der Waals surface area contributed by atoms with Gasteiger partial charge in [-0.2, -0.15) is 15.2 Å². The highest BCUT2D eigenvalue weighted by Crippen LogP contribution is 2.49. The Hall–Kier alpha value is -3.65. The summed E-state index contributed by atoms with van der Waals surface area (Å²) in [5, 5.41) is 9.47. The Morgan fingerprint density at radius 1 is 1.19 bits per heavy atom. The van der Waals surface area contributed by atoms with Crippen molar-refractivity contribution in [2.45, 2.75) is 68.6 Å². The van der Waals surface area contributed by atoms with Gasteiger partial charge in [0, 0.05) is 49.3 Å². The number of piperazine rings is 1. The van der Waals surface area contributed by atoms with E-state index in [-0.39, 0.29) is 37.0 Å². The van der Waals surface area contributed by atoms with Crippen LogP contribution in [0.5, 0.6) is 6.01 Å². The molecule has 0 saturated carbocycles. The number of likely N-dealkylation sites (N-methyl/N-ethyl adjacent to an activating group) is 1. The molecule has 1 spiro atoms. The number of nitriles is 1. The molecule has 2 aliphatic heterocycles. The Labute approximate surface area is 243 Å². The minimum Gasteiger partial charge on any atom is -0.462 e. The zero-order valence-corrected chi connectivity index (χ0v) is 23.8. The van der Waals surface area contributed by atoms with Gasteiger partial charge in [0.25, 0.3) is 0 Å². The number of carbonyl (C=O) groups is 1. The molecule has 2 aliphatic carbocycles. The number of carbonyl (C=O) groups excluding carboxylic acids is 1. The number of alkyl halides is 1. The Morgan fingerprint density at radius 2 is 1.98 bits per heavy atom. The number of aromatic nitrogens is 2. The van der Waals surface area contributed by atoms with Gasteiger partial charge in [-0.1, -0.05) is 6.58 Å². The van der Waals surface area contributed by atoms with Crippen molar-refractivity contribution in [1.29, 1.82) is 5.26 Å². The summed E-state index contributed by atoms with van der Waals surface area (Å²) in [6.45, 7) is 5.52. The average molecular weight is 581 g/mol. The monoisotopic (exact) mass is 580 g/mol. The summed E-state index contributed by atoms with van der Waals surface area (Å²) in [4.78, 5) is 27.8. The Bertz CT molecular complexity index is 1450. The van der Waals surface area contributed by atoms with Crippen molar-refractivity contribution < 1.29 is 22.7 Å². The fraction of sp³-hybridized carbons (Fsp3) is 0.548. The van der Waals surface area contributed by atoms with Gasteiger partial charge < -0.3 is 14.5 Å². The fourth-order valence-electron chi connectivity index (χ4n) is 7.38. The molecule has 2 fully saturated rings. The van der Waals surface area contributed by atoms with Crippen LogP contribution in [0.15, 0.2) is 24.8 Å². The van der Waals surface area contributed by atoms with Gasteiger partial charge in [-0.05, 0) is 68.8 Å². The largest absolute Gasteiger partial charge is 0.462 e. The third kappa shape index (κ3) is 5.10. The molecule has 222 valence electrons. The number of ether oxygens (including phenoxy) is 1. The Balaban J connectivity index is 1.35. The normalized spacial score (nSPS) is 27.1. The maximum atomic E-state index is 14.7. The molecule has 1 aromatic carbocycles. The Morgan fingerprint density at radius 3 is 2.69 bits per heavy atom. The van der Waals surface area contributed by atoms with Gasteiger partial charge in [0.05, 0.1) is 24.2 Å². The summed E-state index contributed by atoms with van der Waals surface area (Å²) in [6.07, 6.45) is 3.98. The van der Waals surface area contributed by atoms with Crippen molar-refractivity contribution in [2.24, 2.45) is 0 Å². The van der Waals surface area contributed by atoms with Crippen LogP contribution in [0, 0.1) is 23.0 Å². The van der Waals surface area contributed by atoms with Crippen LogP contribution in [0.3, 0.4) is 0 Å². The number of rotatable bonds is 6. The highest BCUT2D eigenvalue weighted by Gasteiger charge is 2.45. The molecular formula is C31H35F3N6O2. The molecule has 4 atom stereocenters. The van der Waals surface area contributed by atoms with Crippen molar-refractivity contribution in [3.8, 4) is 12.1 Å². The molecule has 6 rings (SSSR count). The minimum atomic E-state index is -0.904. The van der Waals surface area contributed by atoms with E-state index in [2.05, 4.69) is 17.5 Å². The number of nitrogens with zero attached hydrogens (tertiary/aromatic N) is 6. The van der Waals surface area contributed by atoms with Crippen LogP contribution >= 0.6 is 0 Å². The SMILES string of the molecule is C=CC(=O)N1CCN(c2nc(OC[C@@H]3C[C@@H](F)CN3C)nc3c2CCC2(CCc4c(F)cc(F)cc42)C3)C[C@@H]1CC#N. The van der Waals surface area contributed by atoms with Crippen molar-refractivity contribution in [3.63, 3.8) is 0 Å². The average Bonchev–Trinajstić information content (AvgIpc) is 3.48. The summed E-state index contributed by atoms with van der Waals surface area (Å²) < 4.78 is 49.2. The number of amides is 1. The van der Waals surface area contributed by atoms with Crippen LogP contribution in [0.1, 0.15) is 48.1 Å². The first kappa shape index (κ1) is 28.5. The predicted molar refractivity (Wildman–Crippen MR) is 150 cm³/mol. The molecule has 8 nitrogen and oxygen atoms in total. The van der Waals surface area contributed by atoms with Crippen LogP contribution in [0.25, 0.3) is 0 Å². The van der Waals surface area contributed by atoms with E-state index in [1.54, 1.807) is 4.90 Å². The molecule has 4 aliphatic rings. The van der Waals surface area contributed by atoms with Crippen molar-refractivity contribution >= 4 is 11.7 Å². The molecule has 2 saturated heterocycles. The van der Waals surface area contributed by atoms with Crippen molar-refractivity contribution in [3.05, 3.63) is 58.8 Å². The van der Waals surface area contributed by atoms with E-state index in [1.807, 2.05) is 11.9 Å². The summed E-state index contributed by atoms with van der Waals surface area (Å²) >= 11 is 0. The summed E-state index contributed by atoms with van der Waals surface area (Å²) in [7, 11) is 1.87. The molecule has 1 unspecified atom stereocenters. The lowest BCUT2D eigenvalue weighted by Crippen LogP contribution is -2.55. The molecular weight excluding hydrogens is 545 g/mol. The smallest absolute Gasteiger partial charge is 0.318 e. The number of hydrogen-bond acceptors (Lipinski definition) is 7. The number of benzene rings is 1. The maximum absolute atomic E-state index is 14.7. The molecule has 42 heavy (non-hydrogen) atoms. The fourth-order valence-corrected chi connectivity index (χ4v) is 7.38. The zero-order chi connectivity index (χ0) is 29.6. The number of hydrogen-bond donors (Lipinski definition) is 0. The van der Waals surface area contributed by atoms with E-state index in [1.165, 1.54) is 12.1 Å². The second kappa shape index (κ2) is 11.2. The number of fused-ring (bicyclic) bond motifs is 3. The molecule has 3 heterocycles. The molecule has 0 radical (unpaired) electrons. The van der Waals surface area contributed by atoms with Crippen LogP contribution in [0.4, 0.5) is 19.0 Å². The summed E-state index contributed by atoms with van der Waals surface area (Å²) in [6, 6.07) is 4.37. The third-order valence-corrected chi connectivity index (χ3v) is 9.60. The van der Waals surface area contributed by atoms with Crippen LogP contribution in [0.2, 0.25) is 0 Å². The topological polar surface area (TPSA) is 85.6 Å². The van der Waals surface area contributed by atoms with Gasteiger partial charge in [-0.15, -0.1) is 0 Å². The predicted octanol–water partition coefficient (Wildman–Crippen LogP) is 3.67. The second-order valence-corrected chi connectivity index (χ2v) is 12.1. The second-order valence-electron chi connectivity index (χ2n) is 12.1. The standard InChI is InChI=1S/C31H35F3N6O2/c1-3-28(41)40-11-10-39(17-21(40)6-9-35)29-24-5-8-31(7-4-23-25(31)13-19(32)14-26(23)34)15-27(24)36-30(37-29)42-18-22-12-20(33)16-38(22)2/h3,13-14,20-22H,1,4-8,10-12,15-18H2,2H3/t20-,21+,22+,31?/m1/s1. The minimum absolute atomic E-state index is 0.101. The van der Waals surface area contributed by atoms with Crippen molar-refractivity contribution in [2.75, 3.05) is 44.7 Å².